The Morgan fingerprint density at radius 2 is 1.93 bits per heavy atom. The van der Waals surface area contributed by atoms with Gasteiger partial charge in [0.05, 0.1) is 6.61 Å². The van der Waals surface area contributed by atoms with Crippen molar-refractivity contribution in [3.8, 4) is 5.75 Å². The summed E-state index contributed by atoms with van der Waals surface area (Å²) in [4.78, 5) is 0. The second-order valence-electron chi connectivity index (χ2n) is 3.39. The van der Waals surface area contributed by atoms with Crippen LogP contribution in [0.3, 0.4) is 0 Å². The van der Waals surface area contributed by atoms with Crippen molar-refractivity contribution in [3.63, 3.8) is 0 Å². The Morgan fingerprint density at radius 3 is 2.64 bits per heavy atom. The predicted octanol–water partition coefficient (Wildman–Crippen LogP) is 2.35. The van der Waals surface area contributed by atoms with Crippen LogP contribution in [0, 0.1) is 6.92 Å². The third-order valence-corrected chi connectivity index (χ3v) is 2.55. The van der Waals surface area contributed by atoms with E-state index in [4.69, 9.17) is 5.11 Å². The van der Waals surface area contributed by atoms with E-state index in [2.05, 4.69) is 0 Å². The van der Waals surface area contributed by atoms with Crippen molar-refractivity contribution in [1.82, 2.24) is 0 Å². The van der Waals surface area contributed by atoms with Crippen LogP contribution in [0.4, 0.5) is 0 Å². The average Bonchev–Trinajstić information content (AvgIpc) is 2.23. The lowest BCUT2D eigenvalue weighted by Gasteiger charge is -2.08. The molecule has 2 aromatic rings. The summed E-state index contributed by atoms with van der Waals surface area (Å²) < 4.78 is 0. The van der Waals surface area contributed by atoms with E-state index in [1.807, 2.05) is 37.3 Å². The smallest absolute Gasteiger partial charge is 0.126 e. The zero-order chi connectivity index (χ0) is 10.1. The van der Waals surface area contributed by atoms with Crippen molar-refractivity contribution in [3.05, 3.63) is 41.5 Å². The van der Waals surface area contributed by atoms with E-state index in [9.17, 15) is 5.11 Å². The second-order valence-corrected chi connectivity index (χ2v) is 3.39. The summed E-state index contributed by atoms with van der Waals surface area (Å²) in [6.45, 7) is 1.78. The minimum atomic E-state index is -0.0375. The van der Waals surface area contributed by atoms with Crippen LogP contribution in [0.2, 0.25) is 0 Å². The van der Waals surface area contributed by atoms with Crippen molar-refractivity contribution >= 4 is 10.8 Å². The highest BCUT2D eigenvalue weighted by Crippen LogP contribution is 2.30. The van der Waals surface area contributed by atoms with Crippen molar-refractivity contribution in [1.29, 1.82) is 0 Å². The van der Waals surface area contributed by atoms with Crippen LogP contribution in [-0.2, 0) is 6.61 Å². The SMILES string of the molecule is Cc1c(CO)cc2ccccc2c1O. The van der Waals surface area contributed by atoms with Gasteiger partial charge in [0.25, 0.3) is 0 Å². The lowest BCUT2D eigenvalue weighted by molar-refractivity contribution is 0.280. The van der Waals surface area contributed by atoms with Gasteiger partial charge in [-0.15, -0.1) is 0 Å². The molecule has 0 unspecified atom stereocenters. The van der Waals surface area contributed by atoms with Gasteiger partial charge >= 0.3 is 0 Å². The van der Waals surface area contributed by atoms with Crippen LogP contribution in [0.25, 0.3) is 10.8 Å². The highest BCUT2D eigenvalue weighted by molar-refractivity contribution is 5.90. The maximum absolute atomic E-state index is 9.86. The molecule has 0 atom stereocenters. The van der Waals surface area contributed by atoms with Gasteiger partial charge in [0.2, 0.25) is 0 Å². The Kier molecular flexibility index (Phi) is 2.14. The first kappa shape index (κ1) is 9.03. The van der Waals surface area contributed by atoms with Gasteiger partial charge in [-0.25, -0.2) is 0 Å². The van der Waals surface area contributed by atoms with Crippen LogP contribution in [-0.4, -0.2) is 10.2 Å². The van der Waals surface area contributed by atoms with Crippen molar-refractivity contribution in [2.75, 3.05) is 0 Å². The molecular formula is C12H12O2. The van der Waals surface area contributed by atoms with E-state index >= 15 is 0 Å². The molecular weight excluding hydrogens is 176 g/mol. The molecule has 0 aliphatic heterocycles. The maximum atomic E-state index is 9.86. The zero-order valence-electron chi connectivity index (χ0n) is 7.99. The third-order valence-electron chi connectivity index (χ3n) is 2.55. The number of aliphatic hydroxyl groups excluding tert-OH is 1. The fourth-order valence-corrected chi connectivity index (χ4v) is 1.65. The van der Waals surface area contributed by atoms with Gasteiger partial charge in [-0.1, -0.05) is 24.3 Å². The Morgan fingerprint density at radius 1 is 1.21 bits per heavy atom. The minimum absolute atomic E-state index is 0.0375. The molecule has 0 spiro atoms. The van der Waals surface area contributed by atoms with Crippen LogP contribution in [0.15, 0.2) is 30.3 Å². The van der Waals surface area contributed by atoms with E-state index in [1.165, 1.54) is 0 Å². The summed E-state index contributed by atoms with van der Waals surface area (Å²) in [5.41, 5.74) is 1.53. The van der Waals surface area contributed by atoms with E-state index in [-0.39, 0.29) is 12.4 Å². The van der Waals surface area contributed by atoms with Gasteiger partial charge in [-0.2, -0.15) is 0 Å². The normalized spacial score (nSPS) is 10.7. The number of aromatic hydroxyl groups is 1. The van der Waals surface area contributed by atoms with Gasteiger partial charge in [-0.05, 0) is 29.5 Å². The number of hydrogen-bond acceptors (Lipinski definition) is 2. The third kappa shape index (κ3) is 1.24. The second kappa shape index (κ2) is 3.31. The fraction of sp³-hybridized carbons (Fsp3) is 0.167. The first-order valence-electron chi connectivity index (χ1n) is 4.55. The largest absolute Gasteiger partial charge is 0.507 e. The van der Waals surface area contributed by atoms with Gasteiger partial charge in [0.1, 0.15) is 5.75 Å². The molecule has 0 amide bonds. The number of aliphatic hydroxyl groups is 1. The first-order valence-corrected chi connectivity index (χ1v) is 4.55. The van der Waals surface area contributed by atoms with Gasteiger partial charge < -0.3 is 10.2 Å². The summed E-state index contributed by atoms with van der Waals surface area (Å²) in [7, 11) is 0. The van der Waals surface area contributed by atoms with Crippen molar-refractivity contribution < 1.29 is 10.2 Å². The Balaban J connectivity index is 2.85. The Bertz CT molecular complexity index is 475. The number of phenolic OH excluding ortho intramolecular Hbond substituents is 1. The van der Waals surface area contributed by atoms with E-state index in [0.717, 1.165) is 21.9 Å². The molecule has 0 saturated heterocycles. The molecule has 0 heterocycles. The van der Waals surface area contributed by atoms with Crippen LogP contribution in [0.5, 0.6) is 5.75 Å². The highest BCUT2D eigenvalue weighted by atomic mass is 16.3. The zero-order valence-corrected chi connectivity index (χ0v) is 7.99. The van der Waals surface area contributed by atoms with E-state index in [0.29, 0.717) is 0 Å². The standard InChI is InChI=1S/C12H12O2/c1-8-10(7-13)6-9-4-2-3-5-11(9)12(8)14/h2-6,13-14H,7H2,1H3. The molecule has 0 saturated carbocycles. The topological polar surface area (TPSA) is 40.5 Å². The maximum Gasteiger partial charge on any atom is 0.126 e. The number of phenols is 1. The lowest BCUT2D eigenvalue weighted by Crippen LogP contribution is -1.90. The van der Waals surface area contributed by atoms with Gasteiger partial charge in [-0.3, -0.25) is 0 Å². The number of hydrogen-bond donors (Lipinski definition) is 2. The molecule has 14 heavy (non-hydrogen) atoms. The predicted molar refractivity (Wildman–Crippen MR) is 56.3 cm³/mol. The fourth-order valence-electron chi connectivity index (χ4n) is 1.65. The van der Waals surface area contributed by atoms with Crippen molar-refractivity contribution in [2.24, 2.45) is 0 Å². The molecule has 0 fully saturated rings. The number of fused-ring (bicyclic) bond motifs is 1. The van der Waals surface area contributed by atoms with Crippen molar-refractivity contribution in [2.45, 2.75) is 13.5 Å². The van der Waals surface area contributed by atoms with E-state index in [1.54, 1.807) is 0 Å². The van der Waals surface area contributed by atoms with Gasteiger partial charge in [0.15, 0.2) is 0 Å². The van der Waals surface area contributed by atoms with Gasteiger partial charge in [0, 0.05) is 5.39 Å². The molecule has 0 aliphatic rings. The molecule has 2 heteroatoms. The minimum Gasteiger partial charge on any atom is -0.507 e. The molecule has 0 aromatic heterocycles. The summed E-state index contributed by atoms with van der Waals surface area (Å²) in [5, 5.41) is 20.7. The highest BCUT2D eigenvalue weighted by Gasteiger charge is 2.07. The van der Waals surface area contributed by atoms with Crippen LogP contribution < -0.4 is 0 Å². The Hall–Kier alpha value is -1.54. The molecule has 2 rings (SSSR count). The molecule has 0 bridgehead atoms. The number of benzene rings is 2. The monoisotopic (exact) mass is 188 g/mol. The average molecular weight is 188 g/mol. The summed E-state index contributed by atoms with van der Waals surface area (Å²) in [5.74, 6) is 0.271. The molecule has 2 aromatic carbocycles. The van der Waals surface area contributed by atoms with Crippen LogP contribution >= 0.6 is 0 Å². The first-order chi connectivity index (χ1) is 6.74. The quantitative estimate of drug-likeness (QED) is 0.721. The molecule has 0 aliphatic carbocycles. The lowest BCUT2D eigenvalue weighted by atomic mass is 10.0. The Labute approximate surface area is 82.4 Å². The van der Waals surface area contributed by atoms with E-state index < -0.39 is 0 Å². The summed E-state index contributed by atoms with van der Waals surface area (Å²) in [6.07, 6.45) is 0. The molecule has 2 nitrogen and oxygen atoms in total. The molecule has 0 radical (unpaired) electrons. The van der Waals surface area contributed by atoms with Crippen LogP contribution in [0.1, 0.15) is 11.1 Å². The summed E-state index contributed by atoms with van der Waals surface area (Å²) in [6, 6.07) is 9.51. The number of rotatable bonds is 1. The molecule has 72 valence electrons. The summed E-state index contributed by atoms with van der Waals surface area (Å²) >= 11 is 0. The molecule has 2 N–H and O–H groups in total.